The zero-order valence-electron chi connectivity index (χ0n) is 10.5. The summed E-state index contributed by atoms with van der Waals surface area (Å²) in [5, 5.41) is 15.4. The summed E-state index contributed by atoms with van der Waals surface area (Å²) < 4.78 is 0. The lowest BCUT2D eigenvalue weighted by Crippen LogP contribution is -2.29. The molecule has 1 fully saturated rings. The minimum absolute atomic E-state index is 0.0791. The molecule has 0 aliphatic carbocycles. The van der Waals surface area contributed by atoms with Gasteiger partial charge in [0, 0.05) is 25.6 Å². The summed E-state index contributed by atoms with van der Waals surface area (Å²) in [5.74, 6) is 0.154. The molecule has 4 heteroatoms. The molecular formula is C14H20N2O2. The summed E-state index contributed by atoms with van der Waals surface area (Å²) in [4.78, 5) is 11.2. The Kier molecular flexibility index (Phi) is 4.73. The Morgan fingerprint density at radius 3 is 3.00 bits per heavy atom. The molecule has 98 valence electrons. The number of aliphatic hydroxyl groups excluding tert-OH is 1. The van der Waals surface area contributed by atoms with E-state index in [9.17, 15) is 4.79 Å². The number of hydrogen-bond donors (Lipinski definition) is 3. The standard InChI is InChI=1S/C14H20N2O2/c17-10-12-3-1-2-11(8-12)9-16-13-4-5-14(18)15-7-6-13/h1-3,8,13,16-17H,4-7,9-10H2,(H,15,18). The third-order valence-corrected chi connectivity index (χ3v) is 3.30. The highest BCUT2D eigenvalue weighted by molar-refractivity contribution is 5.76. The van der Waals surface area contributed by atoms with Gasteiger partial charge in [-0.05, 0) is 24.0 Å². The molecule has 0 saturated carbocycles. The minimum atomic E-state index is 0.0791. The second kappa shape index (κ2) is 6.52. The van der Waals surface area contributed by atoms with Crippen molar-refractivity contribution in [3.05, 3.63) is 35.4 Å². The SMILES string of the molecule is O=C1CCC(NCc2cccc(CO)c2)CCN1. The molecule has 1 aliphatic rings. The van der Waals surface area contributed by atoms with Crippen molar-refractivity contribution >= 4 is 5.91 Å². The van der Waals surface area contributed by atoms with Crippen LogP contribution >= 0.6 is 0 Å². The van der Waals surface area contributed by atoms with Crippen LogP contribution in [0.4, 0.5) is 0 Å². The predicted octanol–water partition coefficient (Wildman–Crippen LogP) is 0.937. The van der Waals surface area contributed by atoms with Gasteiger partial charge in [0.1, 0.15) is 0 Å². The molecule has 3 N–H and O–H groups in total. The van der Waals surface area contributed by atoms with Gasteiger partial charge in [0.2, 0.25) is 5.91 Å². The zero-order chi connectivity index (χ0) is 12.8. The largest absolute Gasteiger partial charge is 0.392 e. The first kappa shape index (κ1) is 13.1. The van der Waals surface area contributed by atoms with E-state index in [1.165, 1.54) is 5.56 Å². The Bertz CT molecular complexity index is 407. The zero-order valence-corrected chi connectivity index (χ0v) is 10.5. The topological polar surface area (TPSA) is 61.4 Å². The van der Waals surface area contributed by atoms with E-state index < -0.39 is 0 Å². The Balaban J connectivity index is 1.84. The summed E-state index contributed by atoms with van der Waals surface area (Å²) in [7, 11) is 0. The second-order valence-corrected chi connectivity index (χ2v) is 4.73. The first-order valence-electron chi connectivity index (χ1n) is 6.46. The van der Waals surface area contributed by atoms with Crippen molar-refractivity contribution in [3.63, 3.8) is 0 Å². The average Bonchev–Trinajstić information content (AvgIpc) is 2.61. The number of nitrogens with one attached hydrogen (secondary N) is 2. The van der Waals surface area contributed by atoms with Gasteiger partial charge in [0.25, 0.3) is 0 Å². The maximum absolute atomic E-state index is 11.2. The molecule has 4 nitrogen and oxygen atoms in total. The maximum Gasteiger partial charge on any atom is 0.220 e. The molecule has 0 spiro atoms. The van der Waals surface area contributed by atoms with E-state index in [0.717, 1.165) is 31.5 Å². The van der Waals surface area contributed by atoms with Gasteiger partial charge in [0.05, 0.1) is 6.61 Å². The molecule has 2 rings (SSSR count). The van der Waals surface area contributed by atoms with Crippen molar-refractivity contribution in [2.45, 2.75) is 38.5 Å². The fourth-order valence-corrected chi connectivity index (χ4v) is 2.23. The van der Waals surface area contributed by atoms with Gasteiger partial charge in [-0.1, -0.05) is 24.3 Å². The Hall–Kier alpha value is -1.39. The highest BCUT2D eigenvalue weighted by Crippen LogP contribution is 2.09. The fourth-order valence-electron chi connectivity index (χ4n) is 2.23. The minimum Gasteiger partial charge on any atom is -0.392 e. The first-order chi connectivity index (χ1) is 8.78. The van der Waals surface area contributed by atoms with E-state index >= 15 is 0 Å². The number of aliphatic hydroxyl groups is 1. The molecule has 1 amide bonds. The smallest absolute Gasteiger partial charge is 0.220 e. The normalized spacial score (nSPS) is 20.3. The van der Waals surface area contributed by atoms with Crippen LogP contribution in [0.3, 0.4) is 0 Å². The summed E-state index contributed by atoms with van der Waals surface area (Å²) in [5.41, 5.74) is 2.11. The van der Waals surface area contributed by atoms with Crippen LogP contribution in [0.2, 0.25) is 0 Å². The summed E-state index contributed by atoms with van der Waals surface area (Å²) in [6.07, 6.45) is 2.48. The number of carbonyl (C=O) groups excluding carboxylic acids is 1. The Labute approximate surface area is 107 Å². The number of rotatable bonds is 4. The highest BCUT2D eigenvalue weighted by atomic mass is 16.3. The van der Waals surface area contributed by atoms with E-state index in [0.29, 0.717) is 12.5 Å². The van der Waals surface area contributed by atoms with Crippen LogP contribution < -0.4 is 10.6 Å². The molecule has 1 saturated heterocycles. The van der Waals surface area contributed by atoms with E-state index in [-0.39, 0.29) is 12.5 Å². The molecule has 1 aromatic carbocycles. The van der Waals surface area contributed by atoms with Crippen molar-refractivity contribution in [2.24, 2.45) is 0 Å². The van der Waals surface area contributed by atoms with Crippen LogP contribution in [0.25, 0.3) is 0 Å². The van der Waals surface area contributed by atoms with Crippen LogP contribution in [0.1, 0.15) is 30.4 Å². The fraction of sp³-hybridized carbons (Fsp3) is 0.500. The van der Waals surface area contributed by atoms with Crippen molar-refractivity contribution in [1.29, 1.82) is 0 Å². The van der Waals surface area contributed by atoms with Gasteiger partial charge in [0.15, 0.2) is 0 Å². The third kappa shape index (κ3) is 3.82. The van der Waals surface area contributed by atoms with Crippen molar-refractivity contribution in [2.75, 3.05) is 6.54 Å². The van der Waals surface area contributed by atoms with E-state index in [2.05, 4.69) is 10.6 Å². The van der Waals surface area contributed by atoms with Crippen LogP contribution in [0.15, 0.2) is 24.3 Å². The molecular weight excluding hydrogens is 228 g/mol. The van der Waals surface area contributed by atoms with Gasteiger partial charge >= 0.3 is 0 Å². The first-order valence-corrected chi connectivity index (χ1v) is 6.46. The van der Waals surface area contributed by atoms with E-state index in [4.69, 9.17) is 5.11 Å². The van der Waals surface area contributed by atoms with E-state index in [1.54, 1.807) is 0 Å². The Morgan fingerprint density at radius 1 is 1.33 bits per heavy atom. The quantitative estimate of drug-likeness (QED) is 0.743. The maximum atomic E-state index is 11.2. The average molecular weight is 248 g/mol. The highest BCUT2D eigenvalue weighted by Gasteiger charge is 2.15. The van der Waals surface area contributed by atoms with E-state index in [1.807, 2.05) is 24.3 Å². The summed E-state index contributed by atoms with van der Waals surface area (Å²) in [6.45, 7) is 1.62. The number of carbonyl (C=O) groups is 1. The lowest BCUT2D eigenvalue weighted by molar-refractivity contribution is -0.120. The monoisotopic (exact) mass is 248 g/mol. The number of amides is 1. The lowest BCUT2D eigenvalue weighted by Gasteiger charge is -2.15. The van der Waals surface area contributed by atoms with Crippen molar-refractivity contribution < 1.29 is 9.90 Å². The van der Waals surface area contributed by atoms with Gasteiger partial charge in [-0.15, -0.1) is 0 Å². The van der Waals surface area contributed by atoms with Gasteiger partial charge in [-0.3, -0.25) is 4.79 Å². The lowest BCUT2D eigenvalue weighted by atomic mass is 10.1. The summed E-state index contributed by atoms with van der Waals surface area (Å²) >= 11 is 0. The van der Waals surface area contributed by atoms with Crippen molar-refractivity contribution in [3.8, 4) is 0 Å². The van der Waals surface area contributed by atoms with Crippen LogP contribution in [-0.4, -0.2) is 23.6 Å². The molecule has 1 atom stereocenters. The Morgan fingerprint density at radius 2 is 2.17 bits per heavy atom. The number of benzene rings is 1. The molecule has 18 heavy (non-hydrogen) atoms. The van der Waals surface area contributed by atoms with Crippen LogP contribution in [0, 0.1) is 0 Å². The predicted molar refractivity (Wildman–Crippen MR) is 69.9 cm³/mol. The second-order valence-electron chi connectivity index (χ2n) is 4.73. The third-order valence-electron chi connectivity index (χ3n) is 3.30. The van der Waals surface area contributed by atoms with Crippen LogP contribution in [-0.2, 0) is 17.9 Å². The van der Waals surface area contributed by atoms with Gasteiger partial charge in [-0.25, -0.2) is 0 Å². The number of hydrogen-bond acceptors (Lipinski definition) is 3. The molecule has 1 unspecified atom stereocenters. The molecule has 0 bridgehead atoms. The van der Waals surface area contributed by atoms with Crippen LogP contribution in [0.5, 0.6) is 0 Å². The summed E-state index contributed by atoms with van der Waals surface area (Å²) in [6, 6.07) is 8.32. The molecule has 1 aliphatic heterocycles. The van der Waals surface area contributed by atoms with Gasteiger partial charge < -0.3 is 15.7 Å². The van der Waals surface area contributed by atoms with Gasteiger partial charge in [-0.2, -0.15) is 0 Å². The molecule has 0 radical (unpaired) electrons. The molecule has 0 aromatic heterocycles. The molecule has 1 heterocycles. The molecule has 1 aromatic rings. The van der Waals surface area contributed by atoms with Crippen molar-refractivity contribution in [1.82, 2.24) is 10.6 Å².